The minimum absolute atomic E-state index is 0.0364. The van der Waals surface area contributed by atoms with E-state index in [2.05, 4.69) is 15.3 Å². The molecule has 0 saturated carbocycles. The molecule has 0 bridgehead atoms. The fourth-order valence-corrected chi connectivity index (χ4v) is 3.48. The van der Waals surface area contributed by atoms with Crippen LogP contribution < -0.4 is 15.8 Å². The minimum atomic E-state index is -0.303. The van der Waals surface area contributed by atoms with Crippen LogP contribution in [0.2, 0.25) is 0 Å². The van der Waals surface area contributed by atoms with Gasteiger partial charge in [0.05, 0.1) is 11.9 Å². The number of nitrogens with zero attached hydrogens (tertiary/aromatic N) is 3. The summed E-state index contributed by atoms with van der Waals surface area (Å²) in [7, 11) is 0. The van der Waals surface area contributed by atoms with E-state index in [-0.39, 0.29) is 23.2 Å². The van der Waals surface area contributed by atoms with Gasteiger partial charge in [0.15, 0.2) is 0 Å². The van der Waals surface area contributed by atoms with Crippen LogP contribution in [0, 0.1) is 11.7 Å². The van der Waals surface area contributed by atoms with Gasteiger partial charge in [0.2, 0.25) is 5.91 Å². The van der Waals surface area contributed by atoms with Crippen molar-refractivity contribution in [2.24, 2.45) is 5.92 Å². The summed E-state index contributed by atoms with van der Waals surface area (Å²) in [5.41, 5.74) is 1.45. The standard InChI is InChI=1S/C20H25FN4O2/c1-2-25-20(27)11-18(13-23-25)24-8-4-6-16(14-24)10-19(26)22-12-15-5-3-7-17(21)9-15/h3,5,7,9,11,13,16H,2,4,6,8,10,12,14H2,1H3,(H,22,26). The number of aromatic nitrogens is 2. The lowest BCUT2D eigenvalue weighted by atomic mass is 9.94. The van der Waals surface area contributed by atoms with E-state index < -0.39 is 0 Å². The lowest BCUT2D eigenvalue weighted by Crippen LogP contribution is -2.38. The maximum Gasteiger partial charge on any atom is 0.268 e. The average Bonchev–Trinajstić information content (AvgIpc) is 2.66. The molecule has 6 nitrogen and oxygen atoms in total. The van der Waals surface area contributed by atoms with Gasteiger partial charge in [-0.15, -0.1) is 0 Å². The zero-order valence-corrected chi connectivity index (χ0v) is 15.5. The molecular weight excluding hydrogens is 347 g/mol. The van der Waals surface area contributed by atoms with Crippen molar-refractivity contribution in [3.63, 3.8) is 0 Å². The minimum Gasteiger partial charge on any atom is -0.370 e. The summed E-state index contributed by atoms with van der Waals surface area (Å²) < 4.78 is 14.6. The summed E-state index contributed by atoms with van der Waals surface area (Å²) in [4.78, 5) is 26.4. The molecule has 1 saturated heterocycles. The number of amides is 1. The second-order valence-corrected chi connectivity index (χ2v) is 6.93. The molecule has 7 heteroatoms. The molecule has 27 heavy (non-hydrogen) atoms. The molecule has 1 amide bonds. The van der Waals surface area contributed by atoms with E-state index in [0.29, 0.717) is 19.5 Å². The van der Waals surface area contributed by atoms with E-state index in [9.17, 15) is 14.0 Å². The molecule has 1 aliphatic heterocycles. The van der Waals surface area contributed by atoms with Crippen LogP contribution in [0.1, 0.15) is 31.7 Å². The Balaban J connectivity index is 1.54. The number of hydrogen-bond acceptors (Lipinski definition) is 4. The Morgan fingerprint density at radius 2 is 2.22 bits per heavy atom. The maximum absolute atomic E-state index is 13.2. The number of anilines is 1. The molecule has 2 aromatic rings. The quantitative estimate of drug-likeness (QED) is 0.845. The predicted molar refractivity (Wildman–Crippen MR) is 102 cm³/mol. The van der Waals surface area contributed by atoms with Gasteiger partial charge in [-0.05, 0) is 43.4 Å². The fourth-order valence-electron chi connectivity index (χ4n) is 3.48. The number of halogens is 1. The normalized spacial score (nSPS) is 17.0. The largest absolute Gasteiger partial charge is 0.370 e. The highest BCUT2D eigenvalue weighted by Crippen LogP contribution is 2.23. The SMILES string of the molecule is CCn1ncc(N2CCCC(CC(=O)NCc3cccc(F)c3)C2)cc1=O. The van der Waals surface area contributed by atoms with E-state index in [4.69, 9.17) is 0 Å². The molecule has 0 aliphatic carbocycles. The highest BCUT2D eigenvalue weighted by molar-refractivity contribution is 5.76. The molecule has 1 aromatic heterocycles. The molecule has 2 heterocycles. The van der Waals surface area contributed by atoms with E-state index in [0.717, 1.165) is 37.2 Å². The molecule has 1 aromatic carbocycles. The third-order valence-electron chi connectivity index (χ3n) is 4.89. The molecule has 1 fully saturated rings. The second kappa shape index (κ2) is 8.79. The Morgan fingerprint density at radius 1 is 1.37 bits per heavy atom. The molecule has 1 atom stereocenters. The molecule has 0 radical (unpaired) electrons. The van der Waals surface area contributed by atoms with E-state index >= 15 is 0 Å². The van der Waals surface area contributed by atoms with Crippen LogP contribution in [0.15, 0.2) is 41.3 Å². The topological polar surface area (TPSA) is 67.2 Å². The van der Waals surface area contributed by atoms with Crippen LogP contribution in [0.5, 0.6) is 0 Å². The van der Waals surface area contributed by atoms with Gasteiger partial charge >= 0.3 is 0 Å². The van der Waals surface area contributed by atoms with Crippen molar-refractivity contribution in [3.8, 4) is 0 Å². The van der Waals surface area contributed by atoms with Crippen molar-refractivity contribution < 1.29 is 9.18 Å². The summed E-state index contributed by atoms with van der Waals surface area (Å²) in [6, 6.07) is 7.85. The monoisotopic (exact) mass is 372 g/mol. The van der Waals surface area contributed by atoms with Crippen LogP contribution in [0.25, 0.3) is 0 Å². The first-order chi connectivity index (χ1) is 13.0. The van der Waals surface area contributed by atoms with Gasteiger partial charge in [0.25, 0.3) is 5.56 Å². The molecule has 0 spiro atoms. The lowest BCUT2D eigenvalue weighted by molar-refractivity contribution is -0.122. The summed E-state index contributed by atoms with van der Waals surface area (Å²) in [6.45, 7) is 4.34. The third-order valence-corrected chi connectivity index (χ3v) is 4.89. The average molecular weight is 372 g/mol. The molecule has 3 rings (SSSR count). The second-order valence-electron chi connectivity index (χ2n) is 6.93. The van der Waals surface area contributed by atoms with Gasteiger partial charge in [-0.1, -0.05) is 12.1 Å². The number of hydrogen-bond donors (Lipinski definition) is 1. The first-order valence-electron chi connectivity index (χ1n) is 9.38. The number of piperidine rings is 1. The summed E-state index contributed by atoms with van der Waals surface area (Å²) in [5.74, 6) is -0.117. The first kappa shape index (κ1) is 19.1. The number of aryl methyl sites for hydroxylation is 1. The highest BCUT2D eigenvalue weighted by atomic mass is 19.1. The van der Waals surface area contributed by atoms with Gasteiger partial charge in [0.1, 0.15) is 5.82 Å². The van der Waals surface area contributed by atoms with Crippen LogP contribution in [-0.4, -0.2) is 28.8 Å². The lowest BCUT2D eigenvalue weighted by Gasteiger charge is -2.34. The highest BCUT2D eigenvalue weighted by Gasteiger charge is 2.23. The summed E-state index contributed by atoms with van der Waals surface area (Å²) in [5, 5.41) is 7.04. The van der Waals surface area contributed by atoms with Crippen LogP contribution in [0.3, 0.4) is 0 Å². The van der Waals surface area contributed by atoms with Gasteiger partial charge in [-0.2, -0.15) is 5.10 Å². The Labute approximate surface area is 158 Å². The van der Waals surface area contributed by atoms with Crippen molar-refractivity contribution >= 4 is 11.6 Å². The van der Waals surface area contributed by atoms with Crippen molar-refractivity contribution in [3.05, 3.63) is 58.3 Å². The van der Waals surface area contributed by atoms with Crippen LogP contribution >= 0.6 is 0 Å². The molecular formula is C20H25FN4O2. The zero-order valence-electron chi connectivity index (χ0n) is 15.5. The van der Waals surface area contributed by atoms with Crippen molar-refractivity contribution in [1.82, 2.24) is 15.1 Å². The summed E-state index contributed by atoms with van der Waals surface area (Å²) in [6.07, 6.45) is 4.09. The molecule has 144 valence electrons. The number of nitrogens with one attached hydrogen (secondary N) is 1. The van der Waals surface area contributed by atoms with Crippen molar-refractivity contribution in [1.29, 1.82) is 0 Å². The zero-order chi connectivity index (χ0) is 19.2. The number of benzene rings is 1. The molecule has 1 N–H and O–H groups in total. The Hall–Kier alpha value is -2.70. The molecule has 1 aliphatic rings. The van der Waals surface area contributed by atoms with Gasteiger partial charge in [0, 0.05) is 38.7 Å². The van der Waals surface area contributed by atoms with Crippen molar-refractivity contribution in [2.45, 2.75) is 39.3 Å². The van der Waals surface area contributed by atoms with Crippen LogP contribution in [0.4, 0.5) is 10.1 Å². The van der Waals surface area contributed by atoms with Crippen LogP contribution in [-0.2, 0) is 17.9 Å². The Morgan fingerprint density at radius 3 is 2.96 bits per heavy atom. The van der Waals surface area contributed by atoms with E-state index in [1.54, 1.807) is 24.4 Å². The number of carbonyl (C=O) groups excluding carboxylic acids is 1. The Bertz CT molecular complexity index is 852. The van der Waals surface area contributed by atoms with Gasteiger partial charge < -0.3 is 10.2 Å². The molecule has 1 unspecified atom stereocenters. The summed E-state index contributed by atoms with van der Waals surface area (Å²) >= 11 is 0. The third kappa shape index (κ3) is 5.15. The van der Waals surface area contributed by atoms with E-state index in [1.807, 2.05) is 6.92 Å². The van der Waals surface area contributed by atoms with Crippen molar-refractivity contribution in [2.75, 3.05) is 18.0 Å². The van der Waals surface area contributed by atoms with Gasteiger partial charge in [-0.3, -0.25) is 9.59 Å². The smallest absolute Gasteiger partial charge is 0.268 e. The maximum atomic E-state index is 13.2. The number of carbonyl (C=O) groups is 1. The van der Waals surface area contributed by atoms with E-state index in [1.165, 1.54) is 16.8 Å². The Kier molecular flexibility index (Phi) is 6.21. The number of rotatable bonds is 6. The van der Waals surface area contributed by atoms with Gasteiger partial charge in [-0.25, -0.2) is 9.07 Å². The fraction of sp³-hybridized carbons (Fsp3) is 0.450. The first-order valence-corrected chi connectivity index (χ1v) is 9.38. The predicted octanol–water partition coefficient (Wildman–Crippen LogP) is 2.33.